The third kappa shape index (κ3) is 4.38. The fraction of sp³-hybridized carbons (Fsp3) is 0.174. The number of nitrogens with zero attached hydrogens (tertiary/aromatic N) is 2. The van der Waals surface area contributed by atoms with Crippen molar-refractivity contribution in [3.8, 4) is 11.3 Å². The van der Waals surface area contributed by atoms with Gasteiger partial charge in [-0.1, -0.05) is 72.2 Å². The number of carbonyl (C=O) groups excluding carboxylic acids is 2. The van der Waals surface area contributed by atoms with E-state index >= 15 is 0 Å². The number of hydrogen-bond donors (Lipinski definition) is 2. The van der Waals surface area contributed by atoms with E-state index in [4.69, 9.17) is 12.6 Å². The molecular weight excluding hydrogens is 391 g/mol. The second kappa shape index (κ2) is 8.91. The highest BCUT2D eigenvalue weighted by Gasteiger charge is 2.34. The molecule has 7 nitrogen and oxygen atoms in total. The van der Waals surface area contributed by atoms with Gasteiger partial charge in [-0.25, -0.2) is 9.78 Å². The lowest BCUT2D eigenvalue weighted by atomic mass is 9.95. The third-order valence-corrected chi connectivity index (χ3v) is 5.16. The highest BCUT2D eigenvalue weighted by molar-refractivity contribution is 6.32. The van der Waals surface area contributed by atoms with E-state index in [0.717, 1.165) is 11.3 Å². The van der Waals surface area contributed by atoms with E-state index in [-0.39, 0.29) is 11.9 Å². The van der Waals surface area contributed by atoms with Gasteiger partial charge in [-0.3, -0.25) is 4.79 Å². The maximum absolute atomic E-state index is 13.5. The van der Waals surface area contributed by atoms with Gasteiger partial charge < -0.3 is 19.9 Å². The number of ether oxygens (including phenoxy) is 1. The molecule has 2 heterocycles. The van der Waals surface area contributed by atoms with E-state index in [9.17, 15) is 9.59 Å². The number of H-pyrrole nitrogens is 1. The number of imidazole rings is 1. The van der Waals surface area contributed by atoms with Gasteiger partial charge in [-0.2, -0.15) is 0 Å². The molecule has 0 fully saturated rings. The molecule has 0 saturated heterocycles. The average Bonchev–Trinajstić information content (AvgIpc) is 3.47. The summed E-state index contributed by atoms with van der Waals surface area (Å²) in [5.41, 5.74) is 3.13. The van der Waals surface area contributed by atoms with Crippen LogP contribution in [0.1, 0.15) is 23.5 Å². The van der Waals surface area contributed by atoms with Crippen LogP contribution in [0.4, 0.5) is 4.79 Å². The number of benzene rings is 2. The topological polar surface area (TPSA) is 87.3 Å². The first-order chi connectivity index (χ1) is 15.1. The van der Waals surface area contributed by atoms with Crippen LogP contribution >= 0.6 is 0 Å². The summed E-state index contributed by atoms with van der Waals surface area (Å²) in [6.45, 7) is 0.410. The number of nitrogens with one attached hydrogen (secondary N) is 2. The van der Waals surface area contributed by atoms with Gasteiger partial charge in [0.05, 0.1) is 19.0 Å². The Hall–Kier alpha value is -3.81. The predicted molar refractivity (Wildman–Crippen MR) is 118 cm³/mol. The zero-order valence-electron chi connectivity index (χ0n) is 17.0. The zero-order chi connectivity index (χ0) is 21.8. The van der Waals surface area contributed by atoms with E-state index in [2.05, 4.69) is 15.3 Å². The number of methoxy groups -OCH3 is 1. The molecule has 1 unspecified atom stereocenters. The van der Waals surface area contributed by atoms with Crippen LogP contribution < -0.4 is 10.8 Å². The van der Waals surface area contributed by atoms with Crippen LogP contribution in [-0.2, 0) is 9.53 Å². The van der Waals surface area contributed by atoms with Gasteiger partial charge in [0.2, 0.25) is 0 Å². The van der Waals surface area contributed by atoms with Crippen LogP contribution in [0.3, 0.4) is 0 Å². The van der Waals surface area contributed by atoms with E-state index in [1.165, 1.54) is 7.11 Å². The molecule has 2 atom stereocenters. The molecule has 0 aliphatic carbocycles. The SMILES string of the molecule is [B]c1ccc(-c2cnc([C@@H]3C=CCN3C(=O)C(NC(=O)OC)c3ccccc3)[nH]2)cc1. The Morgan fingerprint density at radius 3 is 2.65 bits per heavy atom. The molecule has 1 aliphatic rings. The Balaban J connectivity index is 1.59. The van der Waals surface area contributed by atoms with Crippen molar-refractivity contribution in [3.63, 3.8) is 0 Å². The van der Waals surface area contributed by atoms with Crippen molar-refractivity contribution in [1.82, 2.24) is 20.2 Å². The second-order valence-electron chi connectivity index (χ2n) is 7.15. The standard InChI is InChI=1S/C23H21BN4O3/c1-31-23(30)27-20(16-6-3-2-4-7-16)22(29)28-13-5-8-19(28)21-25-14-18(26-21)15-9-11-17(24)12-10-15/h2-12,14,19-20H,13H2,1H3,(H,25,26)(H,27,30)/t19-,20?/m0/s1. The lowest BCUT2D eigenvalue weighted by Crippen LogP contribution is -2.43. The van der Waals surface area contributed by atoms with Crippen molar-refractivity contribution in [2.75, 3.05) is 13.7 Å². The molecule has 8 heteroatoms. The minimum atomic E-state index is -0.873. The van der Waals surface area contributed by atoms with Crippen molar-refractivity contribution in [3.05, 3.63) is 84.3 Å². The maximum atomic E-state index is 13.5. The number of alkyl carbamates (subject to hydrolysis) is 1. The summed E-state index contributed by atoms with van der Waals surface area (Å²) in [6.07, 6.45) is 4.89. The Morgan fingerprint density at radius 1 is 1.19 bits per heavy atom. The molecule has 2 radical (unpaired) electrons. The molecule has 31 heavy (non-hydrogen) atoms. The lowest BCUT2D eigenvalue weighted by Gasteiger charge is -2.28. The number of hydrogen-bond acceptors (Lipinski definition) is 4. The Bertz CT molecular complexity index is 1100. The largest absolute Gasteiger partial charge is 0.453 e. The number of carbonyl (C=O) groups is 2. The van der Waals surface area contributed by atoms with Gasteiger partial charge in [0.25, 0.3) is 5.91 Å². The molecule has 0 spiro atoms. The van der Waals surface area contributed by atoms with Crippen LogP contribution in [0.15, 0.2) is 72.9 Å². The van der Waals surface area contributed by atoms with Crippen LogP contribution in [-0.4, -0.2) is 48.4 Å². The van der Waals surface area contributed by atoms with Crippen LogP contribution in [0.5, 0.6) is 0 Å². The van der Waals surface area contributed by atoms with Crippen molar-refractivity contribution in [1.29, 1.82) is 0 Å². The molecule has 2 amide bonds. The molecule has 2 aromatic carbocycles. The summed E-state index contributed by atoms with van der Waals surface area (Å²) in [6, 6.07) is 15.3. The third-order valence-electron chi connectivity index (χ3n) is 5.16. The summed E-state index contributed by atoms with van der Waals surface area (Å²) in [7, 11) is 7.03. The minimum absolute atomic E-state index is 0.253. The highest BCUT2D eigenvalue weighted by atomic mass is 16.5. The van der Waals surface area contributed by atoms with Gasteiger partial charge in [0, 0.05) is 6.54 Å². The van der Waals surface area contributed by atoms with Crippen molar-refractivity contribution >= 4 is 25.3 Å². The molecule has 154 valence electrons. The Labute approximate surface area is 181 Å². The van der Waals surface area contributed by atoms with Crippen molar-refractivity contribution < 1.29 is 14.3 Å². The smallest absolute Gasteiger partial charge is 0.407 e. The van der Waals surface area contributed by atoms with Crippen LogP contribution in [0.25, 0.3) is 11.3 Å². The summed E-state index contributed by atoms with van der Waals surface area (Å²) in [4.78, 5) is 34.8. The molecule has 4 rings (SSSR count). The van der Waals surface area contributed by atoms with Gasteiger partial charge in [-0.15, -0.1) is 0 Å². The van der Waals surface area contributed by atoms with E-state index in [1.807, 2.05) is 54.6 Å². The zero-order valence-corrected chi connectivity index (χ0v) is 17.0. The fourth-order valence-electron chi connectivity index (χ4n) is 3.56. The quantitative estimate of drug-likeness (QED) is 0.498. The highest BCUT2D eigenvalue weighted by Crippen LogP contribution is 2.30. The van der Waals surface area contributed by atoms with Gasteiger partial charge in [0.15, 0.2) is 0 Å². The molecule has 0 bridgehead atoms. The summed E-state index contributed by atoms with van der Waals surface area (Å²) in [5.74, 6) is 0.385. The van der Waals surface area contributed by atoms with Gasteiger partial charge >= 0.3 is 6.09 Å². The molecule has 1 aliphatic heterocycles. The second-order valence-corrected chi connectivity index (χ2v) is 7.15. The first-order valence-electron chi connectivity index (χ1n) is 9.84. The number of rotatable bonds is 5. The number of aromatic amines is 1. The average molecular weight is 412 g/mol. The van der Waals surface area contributed by atoms with Crippen LogP contribution in [0, 0.1) is 0 Å². The first kappa shape index (κ1) is 20.5. The van der Waals surface area contributed by atoms with E-state index < -0.39 is 12.1 Å². The Morgan fingerprint density at radius 2 is 1.94 bits per heavy atom. The lowest BCUT2D eigenvalue weighted by molar-refractivity contribution is -0.134. The first-order valence-corrected chi connectivity index (χ1v) is 9.84. The molecule has 1 aromatic heterocycles. The van der Waals surface area contributed by atoms with E-state index in [1.54, 1.807) is 23.2 Å². The summed E-state index contributed by atoms with van der Waals surface area (Å²) < 4.78 is 4.72. The maximum Gasteiger partial charge on any atom is 0.407 e. The van der Waals surface area contributed by atoms with Gasteiger partial charge in [-0.05, 0) is 11.1 Å². The normalized spacial score (nSPS) is 16.2. The molecule has 0 saturated carbocycles. The molecule has 3 aromatic rings. The minimum Gasteiger partial charge on any atom is -0.453 e. The molecular formula is C23H21BN4O3. The summed E-state index contributed by atoms with van der Waals surface area (Å²) >= 11 is 0. The molecule has 2 N–H and O–H groups in total. The summed E-state index contributed by atoms with van der Waals surface area (Å²) in [5, 5.41) is 2.65. The number of amides is 2. The monoisotopic (exact) mass is 412 g/mol. The van der Waals surface area contributed by atoms with E-state index in [0.29, 0.717) is 23.4 Å². The van der Waals surface area contributed by atoms with Crippen molar-refractivity contribution in [2.45, 2.75) is 12.1 Å². The fourth-order valence-corrected chi connectivity index (χ4v) is 3.56. The van der Waals surface area contributed by atoms with Crippen LogP contribution in [0.2, 0.25) is 0 Å². The van der Waals surface area contributed by atoms with Gasteiger partial charge in [0.1, 0.15) is 25.8 Å². The Kier molecular flexibility index (Phi) is 5.88. The van der Waals surface area contributed by atoms with Crippen molar-refractivity contribution in [2.24, 2.45) is 0 Å². The predicted octanol–water partition coefficient (Wildman–Crippen LogP) is 2.41. The number of aromatic nitrogens is 2.